The van der Waals surface area contributed by atoms with Gasteiger partial charge >= 0.3 is 5.97 Å². The van der Waals surface area contributed by atoms with E-state index in [-0.39, 0.29) is 5.97 Å². The predicted molar refractivity (Wildman–Crippen MR) is 86.3 cm³/mol. The Morgan fingerprint density at radius 3 is 2.48 bits per heavy atom. The normalized spacial score (nSPS) is 16.8. The maximum atomic E-state index is 11.4. The number of benzene rings is 1. The van der Waals surface area contributed by atoms with Crippen LogP contribution in [-0.2, 0) is 4.74 Å². The van der Waals surface area contributed by atoms with E-state index >= 15 is 0 Å². The highest BCUT2D eigenvalue weighted by Gasteiger charge is 2.17. The molecule has 1 aromatic rings. The largest absolute Gasteiger partial charge is 0.465 e. The Hall–Kier alpha value is -1.61. The summed E-state index contributed by atoms with van der Waals surface area (Å²) in [5.74, 6) is 0.416. The maximum absolute atomic E-state index is 11.4. The SMILES string of the molecule is CNC/C(=C/c1ccc(C(=O)OC)cc1)C1CCCCC1. The van der Waals surface area contributed by atoms with Gasteiger partial charge in [-0.3, -0.25) is 0 Å². The van der Waals surface area contributed by atoms with Crippen LogP contribution < -0.4 is 5.32 Å². The lowest BCUT2D eigenvalue weighted by Crippen LogP contribution is -2.19. The summed E-state index contributed by atoms with van der Waals surface area (Å²) in [6.07, 6.45) is 8.92. The van der Waals surface area contributed by atoms with Crippen LogP contribution in [0.2, 0.25) is 0 Å². The molecular weight excluding hydrogens is 262 g/mol. The van der Waals surface area contributed by atoms with Crippen molar-refractivity contribution in [2.75, 3.05) is 20.7 Å². The van der Waals surface area contributed by atoms with Crippen molar-refractivity contribution < 1.29 is 9.53 Å². The van der Waals surface area contributed by atoms with E-state index in [1.807, 2.05) is 31.3 Å². The van der Waals surface area contributed by atoms with Gasteiger partial charge in [-0.05, 0) is 43.5 Å². The molecule has 0 bridgehead atoms. The Morgan fingerprint density at radius 2 is 1.90 bits per heavy atom. The number of carbonyl (C=O) groups is 1. The molecule has 0 unspecified atom stereocenters. The average molecular weight is 287 g/mol. The summed E-state index contributed by atoms with van der Waals surface area (Å²) in [5, 5.41) is 3.28. The molecule has 0 aromatic heterocycles. The highest BCUT2D eigenvalue weighted by atomic mass is 16.5. The number of hydrogen-bond acceptors (Lipinski definition) is 3. The van der Waals surface area contributed by atoms with Gasteiger partial charge in [-0.25, -0.2) is 4.79 Å². The summed E-state index contributed by atoms with van der Waals surface area (Å²) in [4.78, 5) is 11.4. The van der Waals surface area contributed by atoms with Crippen molar-refractivity contribution >= 4 is 12.0 Å². The Morgan fingerprint density at radius 1 is 1.24 bits per heavy atom. The number of likely N-dealkylation sites (N-methyl/N-ethyl adjacent to an activating group) is 1. The molecular formula is C18H25NO2. The zero-order chi connectivity index (χ0) is 15.1. The third-order valence-corrected chi connectivity index (χ3v) is 4.19. The summed E-state index contributed by atoms with van der Waals surface area (Å²) >= 11 is 0. The lowest BCUT2D eigenvalue weighted by molar-refractivity contribution is 0.0601. The Labute approximate surface area is 127 Å². The molecule has 2 rings (SSSR count). The van der Waals surface area contributed by atoms with Crippen LogP contribution in [0.15, 0.2) is 29.8 Å². The van der Waals surface area contributed by atoms with E-state index in [1.165, 1.54) is 44.8 Å². The molecule has 0 aliphatic heterocycles. The van der Waals surface area contributed by atoms with Gasteiger partial charge in [0.2, 0.25) is 0 Å². The van der Waals surface area contributed by atoms with Crippen LogP contribution in [0.1, 0.15) is 48.0 Å². The van der Waals surface area contributed by atoms with E-state index in [4.69, 9.17) is 4.74 Å². The molecule has 0 atom stereocenters. The first kappa shape index (κ1) is 15.8. The Kier molecular flexibility index (Phi) is 6.00. The first-order valence-electron chi connectivity index (χ1n) is 7.78. The molecule has 0 heterocycles. The van der Waals surface area contributed by atoms with Gasteiger partial charge in [0.05, 0.1) is 12.7 Å². The van der Waals surface area contributed by atoms with E-state index in [0.29, 0.717) is 11.5 Å². The molecule has 1 fully saturated rings. The quantitative estimate of drug-likeness (QED) is 0.840. The summed E-state index contributed by atoms with van der Waals surface area (Å²) < 4.78 is 4.73. The highest BCUT2D eigenvalue weighted by molar-refractivity contribution is 5.89. The van der Waals surface area contributed by atoms with Crippen molar-refractivity contribution in [3.05, 3.63) is 41.0 Å². The molecule has 1 aliphatic rings. The minimum Gasteiger partial charge on any atom is -0.465 e. The second-order valence-corrected chi connectivity index (χ2v) is 5.70. The zero-order valence-corrected chi connectivity index (χ0v) is 13.0. The number of ether oxygens (including phenoxy) is 1. The van der Waals surface area contributed by atoms with E-state index in [1.54, 1.807) is 0 Å². The van der Waals surface area contributed by atoms with Crippen molar-refractivity contribution in [1.29, 1.82) is 0 Å². The maximum Gasteiger partial charge on any atom is 0.337 e. The van der Waals surface area contributed by atoms with Crippen LogP contribution in [0.5, 0.6) is 0 Å². The van der Waals surface area contributed by atoms with E-state index in [2.05, 4.69) is 11.4 Å². The van der Waals surface area contributed by atoms with Crippen LogP contribution >= 0.6 is 0 Å². The number of carbonyl (C=O) groups excluding carboxylic acids is 1. The topological polar surface area (TPSA) is 38.3 Å². The standard InChI is InChI=1S/C18H25NO2/c1-19-13-17(15-6-4-3-5-7-15)12-14-8-10-16(11-9-14)18(20)21-2/h8-12,15,19H,3-7,13H2,1-2H3/b17-12-. The van der Waals surface area contributed by atoms with Gasteiger partial charge < -0.3 is 10.1 Å². The van der Waals surface area contributed by atoms with Crippen molar-refractivity contribution in [2.45, 2.75) is 32.1 Å². The van der Waals surface area contributed by atoms with Gasteiger partial charge in [-0.2, -0.15) is 0 Å². The van der Waals surface area contributed by atoms with Crippen LogP contribution in [0.3, 0.4) is 0 Å². The molecule has 21 heavy (non-hydrogen) atoms. The van der Waals surface area contributed by atoms with Gasteiger partial charge in [0, 0.05) is 6.54 Å². The zero-order valence-electron chi connectivity index (χ0n) is 13.0. The second kappa shape index (κ2) is 7.99. The molecule has 114 valence electrons. The molecule has 3 nitrogen and oxygen atoms in total. The van der Waals surface area contributed by atoms with Crippen molar-refractivity contribution in [3.63, 3.8) is 0 Å². The van der Waals surface area contributed by atoms with Crippen molar-refractivity contribution in [2.24, 2.45) is 5.92 Å². The van der Waals surface area contributed by atoms with E-state index in [9.17, 15) is 4.79 Å². The molecule has 1 saturated carbocycles. The van der Waals surface area contributed by atoms with Gasteiger partial charge in [-0.15, -0.1) is 0 Å². The predicted octanol–water partition coefficient (Wildman–Crippen LogP) is 3.66. The smallest absolute Gasteiger partial charge is 0.337 e. The fraction of sp³-hybridized carbons (Fsp3) is 0.500. The fourth-order valence-corrected chi connectivity index (χ4v) is 3.04. The molecule has 0 amide bonds. The van der Waals surface area contributed by atoms with E-state index in [0.717, 1.165) is 12.1 Å². The lowest BCUT2D eigenvalue weighted by atomic mass is 9.83. The molecule has 0 radical (unpaired) electrons. The molecule has 3 heteroatoms. The summed E-state index contributed by atoms with van der Waals surface area (Å²) in [7, 11) is 3.40. The van der Waals surface area contributed by atoms with Crippen LogP contribution in [0.4, 0.5) is 0 Å². The lowest BCUT2D eigenvalue weighted by Gasteiger charge is -2.24. The Balaban J connectivity index is 2.14. The minimum atomic E-state index is -0.284. The van der Waals surface area contributed by atoms with E-state index < -0.39 is 0 Å². The summed E-state index contributed by atoms with van der Waals surface area (Å²) in [5.41, 5.74) is 3.23. The van der Waals surface area contributed by atoms with Crippen LogP contribution in [0, 0.1) is 5.92 Å². The number of rotatable bonds is 5. The molecule has 1 N–H and O–H groups in total. The number of esters is 1. The summed E-state index contributed by atoms with van der Waals surface area (Å²) in [6.45, 7) is 0.934. The molecule has 0 saturated heterocycles. The van der Waals surface area contributed by atoms with Crippen LogP contribution in [-0.4, -0.2) is 26.7 Å². The first-order valence-corrected chi connectivity index (χ1v) is 7.78. The third kappa shape index (κ3) is 4.43. The average Bonchev–Trinajstić information content (AvgIpc) is 2.55. The number of hydrogen-bond donors (Lipinski definition) is 1. The minimum absolute atomic E-state index is 0.284. The highest BCUT2D eigenvalue weighted by Crippen LogP contribution is 2.30. The molecule has 1 aromatic carbocycles. The molecule has 0 spiro atoms. The number of methoxy groups -OCH3 is 1. The second-order valence-electron chi connectivity index (χ2n) is 5.70. The monoisotopic (exact) mass is 287 g/mol. The van der Waals surface area contributed by atoms with Gasteiger partial charge in [0.25, 0.3) is 0 Å². The fourth-order valence-electron chi connectivity index (χ4n) is 3.04. The third-order valence-electron chi connectivity index (χ3n) is 4.19. The summed E-state index contributed by atoms with van der Waals surface area (Å²) in [6, 6.07) is 7.64. The number of nitrogens with one attached hydrogen (secondary N) is 1. The first-order chi connectivity index (χ1) is 10.2. The van der Waals surface area contributed by atoms with Gasteiger partial charge in [-0.1, -0.05) is 43.0 Å². The van der Waals surface area contributed by atoms with Gasteiger partial charge in [0.1, 0.15) is 0 Å². The molecule has 1 aliphatic carbocycles. The van der Waals surface area contributed by atoms with Crippen molar-refractivity contribution in [3.8, 4) is 0 Å². The van der Waals surface area contributed by atoms with Crippen LogP contribution in [0.25, 0.3) is 6.08 Å². The van der Waals surface area contributed by atoms with Crippen molar-refractivity contribution in [1.82, 2.24) is 5.32 Å². The Bertz CT molecular complexity index is 484. The van der Waals surface area contributed by atoms with Gasteiger partial charge in [0.15, 0.2) is 0 Å².